The van der Waals surface area contributed by atoms with Crippen LogP contribution in [-0.4, -0.2) is 83.9 Å². The summed E-state index contributed by atoms with van der Waals surface area (Å²) in [5.74, 6) is -4.19. The maximum Gasteiger partial charge on any atom is 0.471 e. The molecule has 40 heavy (non-hydrogen) atoms. The van der Waals surface area contributed by atoms with Gasteiger partial charge in [-0.15, -0.1) is 0 Å². The molecule has 1 heterocycles. The Morgan fingerprint density at radius 3 is 2.25 bits per heavy atom. The van der Waals surface area contributed by atoms with Gasteiger partial charge in [0.25, 0.3) is 0 Å². The number of ether oxygens (including phenoxy) is 2. The Balaban J connectivity index is 0. The van der Waals surface area contributed by atoms with Crippen molar-refractivity contribution in [2.45, 2.75) is 76.2 Å². The molecule has 0 saturated carbocycles. The van der Waals surface area contributed by atoms with E-state index >= 15 is 0 Å². The zero-order chi connectivity index (χ0) is 28.6. The summed E-state index contributed by atoms with van der Waals surface area (Å²) < 4.78 is 46.4. The smallest absolute Gasteiger partial charge is 0.471 e. The summed E-state index contributed by atoms with van der Waals surface area (Å²) in [7, 11) is 0. The second-order valence-corrected chi connectivity index (χ2v) is 8.54. The zero-order valence-corrected chi connectivity index (χ0v) is 22.3. The predicted octanol–water partition coefficient (Wildman–Crippen LogP) is 0.444. The number of carboxylic acid groups (broad SMARTS) is 1. The summed E-state index contributed by atoms with van der Waals surface area (Å²) in [6, 6.07) is 8.02. The number of carbonyl (C=O) groups is 4. The molecule has 1 aliphatic heterocycles. The van der Waals surface area contributed by atoms with Crippen molar-refractivity contribution >= 4 is 23.8 Å². The molecule has 1 aliphatic rings. The number of aryl methyl sites for hydroxylation is 1. The largest absolute Gasteiger partial charge is 0.480 e. The number of carbonyl (C=O) groups excluding carboxylic acids is 3. The maximum atomic E-state index is 12.2. The Labute approximate surface area is 230 Å². The van der Waals surface area contributed by atoms with Crippen LogP contribution in [0.5, 0.6) is 0 Å². The Morgan fingerprint density at radius 1 is 1.10 bits per heavy atom. The highest BCUT2D eigenvalue weighted by atomic mass is 19.4. The Hall–Kier alpha value is -3.27. The summed E-state index contributed by atoms with van der Waals surface area (Å²) in [5.41, 5.74) is 6.73. The lowest BCUT2D eigenvalue weighted by Gasteiger charge is -2.19. The predicted molar refractivity (Wildman–Crippen MR) is 138 cm³/mol. The fourth-order valence-electron chi connectivity index (χ4n) is 3.43. The molecule has 1 fully saturated rings. The van der Waals surface area contributed by atoms with E-state index in [0.717, 1.165) is 24.9 Å². The molecule has 0 spiro atoms. The standard InChI is InChI=1S/C20H27F3N2O5.C5H9NO2.2H2O/c1-2-29-18(27)16(12-11-14-8-4-3-5-9-14)30-17(26)15(24)10-6-7-13-25-19(28)20(21,22)23;7-5(8)4-2-1-3-6-4;;/h3-5,8-9,15-16H,2,6-7,10-13,24H2,1H3,(H,25,28);4,6H,1-3H2,(H,7,8);2*1H2/t15-,16-;4-;;/m00../s1. The van der Waals surface area contributed by atoms with Gasteiger partial charge in [-0.1, -0.05) is 30.3 Å². The Bertz CT molecular complexity index is 883. The van der Waals surface area contributed by atoms with Crippen LogP contribution < -0.4 is 16.4 Å². The van der Waals surface area contributed by atoms with Gasteiger partial charge in [0.1, 0.15) is 12.1 Å². The molecule has 9 N–H and O–H groups in total. The normalized spacial score (nSPS) is 15.6. The lowest BCUT2D eigenvalue weighted by Crippen LogP contribution is -2.39. The number of rotatable bonds is 13. The van der Waals surface area contributed by atoms with Crippen molar-refractivity contribution in [3.8, 4) is 0 Å². The molecular formula is C25H40F3N3O9. The molecule has 230 valence electrons. The van der Waals surface area contributed by atoms with Crippen LogP contribution in [0.1, 0.15) is 51.0 Å². The first-order valence-electron chi connectivity index (χ1n) is 12.4. The summed E-state index contributed by atoms with van der Waals surface area (Å²) >= 11 is 0. The van der Waals surface area contributed by atoms with E-state index in [2.05, 4.69) is 5.32 Å². The number of aliphatic carboxylic acids is 1. The minimum atomic E-state index is -4.93. The SMILES string of the molecule is CCOC(=O)[C@H](CCc1ccccc1)OC(=O)[C@@H](N)CCCCNC(=O)C(F)(F)F.O.O.O=C(O)[C@@H]1CCCN1. The summed E-state index contributed by atoms with van der Waals surface area (Å²) in [6.07, 6.45) is -2.89. The molecule has 0 aromatic heterocycles. The van der Waals surface area contributed by atoms with Crippen molar-refractivity contribution in [3.63, 3.8) is 0 Å². The molecule has 12 nitrogen and oxygen atoms in total. The Kier molecular flexibility index (Phi) is 20.0. The van der Waals surface area contributed by atoms with Gasteiger partial charge < -0.3 is 41.9 Å². The van der Waals surface area contributed by atoms with E-state index in [0.29, 0.717) is 12.8 Å². The van der Waals surface area contributed by atoms with E-state index < -0.39 is 42.1 Å². The minimum Gasteiger partial charge on any atom is -0.480 e. The molecule has 1 saturated heterocycles. The minimum absolute atomic E-state index is 0. The number of carboxylic acids is 1. The number of benzene rings is 1. The number of hydrogen-bond acceptors (Lipinski definition) is 8. The number of amides is 1. The second kappa shape index (κ2) is 20.6. The number of nitrogens with two attached hydrogens (primary N) is 1. The van der Waals surface area contributed by atoms with Gasteiger partial charge in [-0.2, -0.15) is 13.2 Å². The van der Waals surface area contributed by atoms with Crippen LogP contribution in [0.25, 0.3) is 0 Å². The third kappa shape index (κ3) is 16.0. The van der Waals surface area contributed by atoms with Crippen LogP contribution in [0, 0.1) is 0 Å². The molecule has 1 aromatic carbocycles. The van der Waals surface area contributed by atoms with Crippen LogP contribution in [0.4, 0.5) is 13.2 Å². The molecule has 2 rings (SSSR count). The highest BCUT2D eigenvalue weighted by Gasteiger charge is 2.38. The number of hydrogen-bond donors (Lipinski definition) is 4. The first kappa shape index (κ1) is 38.9. The van der Waals surface area contributed by atoms with Crippen LogP contribution in [0.15, 0.2) is 30.3 Å². The summed E-state index contributed by atoms with van der Waals surface area (Å²) in [6.45, 7) is 2.44. The van der Waals surface area contributed by atoms with Crippen molar-refractivity contribution < 1.29 is 57.9 Å². The van der Waals surface area contributed by atoms with E-state index in [4.69, 9.17) is 20.3 Å². The van der Waals surface area contributed by atoms with Gasteiger partial charge in [0.2, 0.25) is 0 Å². The average Bonchev–Trinajstić information content (AvgIpc) is 3.42. The second-order valence-electron chi connectivity index (χ2n) is 8.54. The number of esters is 2. The van der Waals surface area contributed by atoms with Crippen LogP contribution >= 0.6 is 0 Å². The van der Waals surface area contributed by atoms with Gasteiger partial charge >= 0.3 is 30.0 Å². The van der Waals surface area contributed by atoms with Crippen molar-refractivity contribution in [1.82, 2.24) is 10.6 Å². The van der Waals surface area contributed by atoms with Gasteiger partial charge in [0.15, 0.2) is 6.10 Å². The lowest BCUT2D eigenvalue weighted by atomic mass is 10.1. The Morgan fingerprint density at radius 2 is 1.75 bits per heavy atom. The molecule has 1 amide bonds. The van der Waals surface area contributed by atoms with E-state index in [9.17, 15) is 32.3 Å². The van der Waals surface area contributed by atoms with E-state index in [1.807, 2.05) is 30.3 Å². The molecule has 1 aromatic rings. The van der Waals surface area contributed by atoms with Crippen LogP contribution in [0.2, 0.25) is 0 Å². The third-order valence-electron chi connectivity index (χ3n) is 5.49. The number of alkyl halides is 3. The number of halogens is 3. The van der Waals surface area contributed by atoms with Crippen molar-refractivity contribution in [1.29, 1.82) is 0 Å². The maximum absolute atomic E-state index is 12.2. The van der Waals surface area contributed by atoms with E-state index in [1.165, 1.54) is 0 Å². The molecule has 0 aliphatic carbocycles. The monoisotopic (exact) mass is 583 g/mol. The molecular weight excluding hydrogens is 543 g/mol. The fourth-order valence-corrected chi connectivity index (χ4v) is 3.43. The van der Waals surface area contributed by atoms with Gasteiger partial charge in [-0.05, 0) is 64.0 Å². The van der Waals surface area contributed by atoms with Gasteiger partial charge in [0, 0.05) is 6.54 Å². The average molecular weight is 584 g/mol. The fraction of sp³-hybridized carbons (Fsp3) is 0.600. The molecule has 0 unspecified atom stereocenters. The van der Waals surface area contributed by atoms with Crippen molar-refractivity contribution in [2.24, 2.45) is 5.73 Å². The molecule has 0 bridgehead atoms. The highest BCUT2D eigenvalue weighted by molar-refractivity contribution is 5.82. The van der Waals surface area contributed by atoms with E-state index in [-0.39, 0.29) is 49.4 Å². The summed E-state index contributed by atoms with van der Waals surface area (Å²) in [5, 5.41) is 12.9. The lowest BCUT2D eigenvalue weighted by molar-refractivity contribution is -0.173. The summed E-state index contributed by atoms with van der Waals surface area (Å²) in [4.78, 5) is 45.1. The number of unbranched alkanes of at least 4 members (excludes halogenated alkanes) is 1. The van der Waals surface area contributed by atoms with Crippen LogP contribution in [0.3, 0.4) is 0 Å². The first-order valence-corrected chi connectivity index (χ1v) is 12.4. The molecule has 15 heteroatoms. The van der Waals surface area contributed by atoms with E-state index in [1.54, 1.807) is 12.2 Å². The highest BCUT2D eigenvalue weighted by Crippen LogP contribution is 2.14. The van der Waals surface area contributed by atoms with Crippen LogP contribution in [-0.2, 0) is 35.1 Å². The van der Waals surface area contributed by atoms with Gasteiger partial charge in [-0.3, -0.25) is 14.4 Å². The third-order valence-corrected chi connectivity index (χ3v) is 5.49. The van der Waals surface area contributed by atoms with Crippen molar-refractivity contribution in [2.75, 3.05) is 19.7 Å². The van der Waals surface area contributed by atoms with Crippen molar-refractivity contribution in [3.05, 3.63) is 35.9 Å². The van der Waals surface area contributed by atoms with Gasteiger partial charge in [-0.25, -0.2) is 4.79 Å². The topological polar surface area (TPSA) is 220 Å². The number of nitrogens with one attached hydrogen (secondary N) is 2. The quantitative estimate of drug-likeness (QED) is 0.187. The van der Waals surface area contributed by atoms with Gasteiger partial charge in [0.05, 0.1) is 6.61 Å². The first-order chi connectivity index (χ1) is 18.0. The molecule has 3 atom stereocenters. The molecule has 0 radical (unpaired) electrons. The zero-order valence-electron chi connectivity index (χ0n) is 22.3.